The van der Waals surface area contributed by atoms with Gasteiger partial charge in [-0.3, -0.25) is 0 Å². The predicted octanol–water partition coefficient (Wildman–Crippen LogP) is 2.95. The highest BCUT2D eigenvalue weighted by atomic mass is 35.5. The summed E-state index contributed by atoms with van der Waals surface area (Å²) in [5, 5.41) is 21.1. The highest BCUT2D eigenvalue weighted by molar-refractivity contribution is 7.15. The number of hydrogen-bond donors (Lipinski definition) is 3. The zero-order valence-electron chi connectivity index (χ0n) is 9.35. The minimum absolute atomic E-state index is 0.00178. The molecule has 0 saturated heterocycles. The monoisotopic (exact) mass is 302 g/mol. The van der Waals surface area contributed by atoms with Crippen molar-refractivity contribution in [2.75, 3.05) is 5.32 Å². The number of carboxylic acid groups (broad SMARTS) is 1. The molecule has 19 heavy (non-hydrogen) atoms. The number of aromatic carboxylic acids is 1. The molecular weight excluding hydrogens is 295 g/mol. The quantitative estimate of drug-likeness (QED) is 0.756. The number of nitrogens with zero attached hydrogens (tertiary/aromatic N) is 1. The zero-order chi connectivity index (χ0) is 14.0. The van der Waals surface area contributed by atoms with E-state index in [1.807, 2.05) is 0 Å². The Morgan fingerprint density at radius 2 is 2.26 bits per heavy atom. The van der Waals surface area contributed by atoms with Gasteiger partial charge < -0.3 is 15.5 Å². The van der Waals surface area contributed by atoms with Crippen LogP contribution >= 0.6 is 22.9 Å². The van der Waals surface area contributed by atoms with E-state index >= 15 is 0 Å². The van der Waals surface area contributed by atoms with E-state index in [-0.39, 0.29) is 17.8 Å². The Kier molecular flexibility index (Phi) is 3.87. The summed E-state index contributed by atoms with van der Waals surface area (Å²) in [5.74, 6) is -2.90. The number of aromatic nitrogens is 1. The maximum Gasteiger partial charge on any atom is 0.335 e. The van der Waals surface area contributed by atoms with Crippen molar-refractivity contribution < 1.29 is 19.4 Å². The van der Waals surface area contributed by atoms with Crippen LogP contribution in [0.4, 0.5) is 10.1 Å². The molecule has 0 unspecified atom stereocenters. The smallest absolute Gasteiger partial charge is 0.335 e. The normalized spacial score (nSPS) is 10.4. The zero-order valence-corrected chi connectivity index (χ0v) is 10.9. The third-order valence-electron chi connectivity index (χ3n) is 2.29. The first kappa shape index (κ1) is 13.6. The molecule has 0 radical (unpaired) electrons. The molecule has 8 heteroatoms. The molecule has 1 aromatic carbocycles. The van der Waals surface area contributed by atoms with Gasteiger partial charge in [-0.1, -0.05) is 11.6 Å². The molecule has 100 valence electrons. The van der Waals surface area contributed by atoms with Gasteiger partial charge in [0.25, 0.3) is 0 Å². The van der Waals surface area contributed by atoms with Gasteiger partial charge in [-0.05, 0) is 12.1 Å². The molecule has 0 spiro atoms. The summed E-state index contributed by atoms with van der Waals surface area (Å²) in [4.78, 5) is 15.4. The average Bonchev–Trinajstić information content (AvgIpc) is 2.76. The van der Waals surface area contributed by atoms with Gasteiger partial charge in [-0.2, -0.15) is 0 Å². The lowest BCUT2D eigenvalue weighted by Crippen LogP contribution is -2.03. The third-order valence-corrected chi connectivity index (χ3v) is 3.40. The molecule has 0 aliphatic heterocycles. The van der Waals surface area contributed by atoms with Crippen LogP contribution in [-0.4, -0.2) is 21.2 Å². The number of carboxylic acids is 1. The minimum atomic E-state index is -1.28. The van der Waals surface area contributed by atoms with Crippen LogP contribution in [0, 0.1) is 5.82 Å². The number of phenolic OH excluding ortho intramolecular Hbond substituents is 1. The Hall–Kier alpha value is -1.86. The van der Waals surface area contributed by atoms with Gasteiger partial charge >= 0.3 is 5.97 Å². The third kappa shape index (κ3) is 3.12. The Bertz CT molecular complexity index is 632. The molecule has 0 amide bonds. The Morgan fingerprint density at radius 1 is 1.53 bits per heavy atom. The fourth-order valence-electron chi connectivity index (χ4n) is 1.40. The van der Waals surface area contributed by atoms with E-state index in [2.05, 4.69) is 10.3 Å². The molecule has 0 atom stereocenters. The molecule has 0 aliphatic carbocycles. The van der Waals surface area contributed by atoms with Crippen molar-refractivity contribution in [2.45, 2.75) is 6.54 Å². The highest BCUT2D eigenvalue weighted by Crippen LogP contribution is 2.29. The van der Waals surface area contributed by atoms with Crippen LogP contribution in [0.2, 0.25) is 4.47 Å². The van der Waals surface area contributed by atoms with Crippen LogP contribution in [-0.2, 0) is 6.54 Å². The summed E-state index contributed by atoms with van der Waals surface area (Å²) < 4.78 is 13.7. The van der Waals surface area contributed by atoms with E-state index in [0.717, 1.165) is 17.0 Å². The van der Waals surface area contributed by atoms with Gasteiger partial charge in [0.1, 0.15) is 0 Å². The molecule has 0 bridgehead atoms. The number of aromatic hydroxyl groups is 1. The number of halogens is 2. The van der Waals surface area contributed by atoms with Gasteiger partial charge in [0, 0.05) is 11.1 Å². The number of hydrogen-bond acceptors (Lipinski definition) is 5. The molecule has 2 aromatic rings. The summed E-state index contributed by atoms with van der Waals surface area (Å²) >= 11 is 6.89. The Labute approximate surface area is 116 Å². The fraction of sp³-hybridized carbons (Fsp3) is 0.0909. The summed E-state index contributed by atoms with van der Waals surface area (Å²) in [7, 11) is 0. The first-order valence-electron chi connectivity index (χ1n) is 5.07. The Balaban J connectivity index is 2.21. The van der Waals surface area contributed by atoms with Gasteiger partial charge in [0.05, 0.1) is 17.8 Å². The number of carbonyl (C=O) groups is 1. The SMILES string of the molecule is O=C(O)c1cc(F)c(O)c(NCc2cnc(Cl)s2)c1. The largest absolute Gasteiger partial charge is 0.503 e. The van der Waals surface area contributed by atoms with E-state index in [9.17, 15) is 14.3 Å². The van der Waals surface area contributed by atoms with Gasteiger partial charge in [-0.25, -0.2) is 14.2 Å². The van der Waals surface area contributed by atoms with Crippen LogP contribution in [0.5, 0.6) is 5.75 Å². The number of anilines is 1. The lowest BCUT2D eigenvalue weighted by atomic mass is 10.1. The van der Waals surface area contributed by atoms with E-state index in [4.69, 9.17) is 16.7 Å². The number of benzene rings is 1. The second-order valence-corrected chi connectivity index (χ2v) is 5.29. The molecule has 0 fully saturated rings. The van der Waals surface area contributed by atoms with Gasteiger partial charge in [0.2, 0.25) is 0 Å². The molecule has 2 rings (SSSR count). The molecule has 5 nitrogen and oxygen atoms in total. The summed E-state index contributed by atoms with van der Waals surface area (Å²) in [5.41, 5.74) is -0.248. The number of phenols is 1. The summed E-state index contributed by atoms with van der Waals surface area (Å²) in [6.07, 6.45) is 1.54. The van der Waals surface area contributed by atoms with E-state index in [0.29, 0.717) is 4.47 Å². The molecular formula is C11H8ClFN2O3S. The van der Waals surface area contributed by atoms with E-state index in [1.54, 1.807) is 0 Å². The molecule has 0 aliphatic rings. The first-order chi connectivity index (χ1) is 8.97. The van der Waals surface area contributed by atoms with Crippen LogP contribution in [0.25, 0.3) is 0 Å². The second-order valence-electron chi connectivity index (χ2n) is 3.59. The molecule has 1 heterocycles. The average molecular weight is 303 g/mol. The van der Waals surface area contributed by atoms with Gasteiger partial charge in [0.15, 0.2) is 16.0 Å². The van der Waals surface area contributed by atoms with Crippen molar-refractivity contribution in [2.24, 2.45) is 0 Å². The molecule has 0 saturated carbocycles. The summed E-state index contributed by atoms with van der Waals surface area (Å²) in [6, 6.07) is 1.91. The van der Waals surface area contributed by atoms with Gasteiger partial charge in [-0.15, -0.1) is 11.3 Å². The predicted molar refractivity (Wildman–Crippen MR) is 69.5 cm³/mol. The van der Waals surface area contributed by atoms with E-state index < -0.39 is 17.5 Å². The van der Waals surface area contributed by atoms with Crippen molar-refractivity contribution in [3.63, 3.8) is 0 Å². The van der Waals surface area contributed by atoms with Crippen molar-refractivity contribution >= 4 is 34.6 Å². The molecule has 3 N–H and O–H groups in total. The number of thiazole rings is 1. The van der Waals surface area contributed by atoms with Crippen LogP contribution in [0.15, 0.2) is 18.3 Å². The summed E-state index contributed by atoms with van der Waals surface area (Å²) in [6.45, 7) is 0.250. The van der Waals surface area contributed by atoms with E-state index in [1.165, 1.54) is 17.5 Å². The standard InChI is InChI=1S/C11H8ClFN2O3S/c12-11-15-4-6(19-11)3-14-8-2-5(10(17)18)1-7(13)9(8)16/h1-2,4,14,16H,3H2,(H,17,18). The van der Waals surface area contributed by atoms with Crippen LogP contribution in [0.3, 0.4) is 0 Å². The number of nitrogens with one attached hydrogen (secondary N) is 1. The van der Waals surface area contributed by atoms with Crippen molar-refractivity contribution in [3.8, 4) is 5.75 Å². The van der Waals surface area contributed by atoms with Crippen molar-refractivity contribution in [1.82, 2.24) is 4.98 Å². The first-order valence-corrected chi connectivity index (χ1v) is 6.26. The van der Waals surface area contributed by atoms with Crippen molar-refractivity contribution in [3.05, 3.63) is 39.1 Å². The maximum absolute atomic E-state index is 13.3. The topological polar surface area (TPSA) is 82.5 Å². The van der Waals surface area contributed by atoms with Crippen molar-refractivity contribution in [1.29, 1.82) is 0 Å². The number of rotatable bonds is 4. The lowest BCUT2D eigenvalue weighted by molar-refractivity contribution is 0.0696. The molecule has 1 aromatic heterocycles. The van der Waals surface area contributed by atoms with Crippen LogP contribution in [0.1, 0.15) is 15.2 Å². The highest BCUT2D eigenvalue weighted by Gasteiger charge is 2.13. The fourth-order valence-corrected chi connectivity index (χ4v) is 2.32. The van der Waals surface area contributed by atoms with Crippen LogP contribution < -0.4 is 5.32 Å². The second kappa shape index (κ2) is 5.41. The maximum atomic E-state index is 13.3. The minimum Gasteiger partial charge on any atom is -0.503 e. The Morgan fingerprint density at radius 3 is 2.84 bits per heavy atom. The lowest BCUT2D eigenvalue weighted by Gasteiger charge is -2.09.